The van der Waals surface area contributed by atoms with Crippen molar-refractivity contribution in [3.05, 3.63) is 72.4 Å². The number of rotatable bonds is 7. The van der Waals surface area contributed by atoms with E-state index >= 15 is 0 Å². The van der Waals surface area contributed by atoms with Gasteiger partial charge in [0.15, 0.2) is 0 Å². The molecule has 4 rings (SSSR count). The van der Waals surface area contributed by atoms with Crippen molar-refractivity contribution >= 4 is 5.91 Å². The first-order valence-corrected chi connectivity index (χ1v) is 10.7. The maximum Gasteiger partial charge on any atom is 0.223 e. The molecule has 0 aliphatic heterocycles. The van der Waals surface area contributed by atoms with E-state index < -0.39 is 0 Å². The fraction of sp³-hybridized carbons (Fsp3) is 0.375. The number of carbonyl (C=O) groups excluding carboxylic acids is 1. The zero-order chi connectivity index (χ0) is 20.8. The van der Waals surface area contributed by atoms with Crippen LogP contribution in [0.3, 0.4) is 0 Å². The van der Waals surface area contributed by atoms with Gasteiger partial charge in [-0.25, -0.2) is 4.98 Å². The third kappa shape index (κ3) is 4.94. The number of amides is 1. The van der Waals surface area contributed by atoms with Gasteiger partial charge in [0, 0.05) is 36.0 Å². The summed E-state index contributed by atoms with van der Waals surface area (Å²) in [6, 6.07) is 15.6. The zero-order valence-electron chi connectivity index (χ0n) is 17.1. The van der Waals surface area contributed by atoms with E-state index in [4.69, 9.17) is 10.7 Å². The zero-order valence-corrected chi connectivity index (χ0v) is 17.1. The van der Waals surface area contributed by atoms with E-state index in [1.165, 1.54) is 0 Å². The third-order valence-corrected chi connectivity index (χ3v) is 6.00. The van der Waals surface area contributed by atoms with Gasteiger partial charge in [-0.15, -0.1) is 0 Å². The molecule has 30 heavy (non-hydrogen) atoms. The maximum absolute atomic E-state index is 13.0. The van der Waals surface area contributed by atoms with Gasteiger partial charge in [0.05, 0.1) is 11.7 Å². The lowest BCUT2D eigenvalue weighted by atomic mass is 9.81. The van der Waals surface area contributed by atoms with Crippen molar-refractivity contribution in [3.63, 3.8) is 0 Å². The summed E-state index contributed by atoms with van der Waals surface area (Å²) < 4.78 is 0. The SMILES string of the molecule is NC[C@H]1CC[C@H](C(=O)N[C@@H](Cc2ccccn2)c2nc(-c3ccccc3)c[nH]2)CC1. The summed E-state index contributed by atoms with van der Waals surface area (Å²) in [7, 11) is 0. The average Bonchev–Trinajstić information content (AvgIpc) is 3.30. The van der Waals surface area contributed by atoms with Crippen molar-refractivity contribution in [2.75, 3.05) is 6.54 Å². The van der Waals surface area contributed by atoms with Gasteiger partial charge in [0.2, 0.25) is 5.91 Å². The van der Waals surface area contributed by atoms with Crippen molar-refractivity contribution in [2.45, 2.75) is 38.1 Å². The fourth-order valence-corrected chi connectivity index (χ4v) is 4.17. The highest BCUT2D eigenvalue weighted by atomic mass is 16.1. The van der Waals surface area contributed by atoms with Gasteiger partial charge in [-0.05, 0) is 50.3 Å². The maximum atomic E-state index is 13.0. The first-order valence-electron chi connectivity index (χ1n) is 10.7. The first kappa shape index (κ1) is 20.3. The molecule has 1 aromatic carbocycles. The number of benzene rings is 1. The van der Waals surface area contributed by atoms with Gasteiger partial charge in [-0.3, -0.25) is 9.78 Å². The lowest BCUT2D eigenvalue weighted by molar-refractivity contribution is -0.127. The quantitative estimate of drug-likeness (QED) is 0.561. The molecule has 4 N–H and O–H groups in total. The van der Waals surface area contributed by atoms with Crippen molar-refractivity contribution in [1.29, 1.82) is 0 Å². The van der Waals surface area contributed by atoms with Crippen LogP contribution in [0.4, 0.5) is 0 Å². The Bertz CT molecular complexity index is 932. The Balaban J connectivity index is 1.51. The number of imidazole rings is 1. The summed E-state index contributed by atoms with van der Waals surface area (Å²) in [5.41, 5.74) is 8.64. The van der Waals surface area contributed by atoms with E-state index in [0.717, 1.165) is 48.5 Å². The van der Waals surface area contributed by atoms with E-state index in [9.17, 15) is 4.79 Å². The molecule has 0 bridgehead atoms. The average molecular weight is 404 g/mol. The molecule has 0 radical (unpaired) electrons. The molecule has 1 aliphatic rings. The normalized spacial score (nSPS) is 19.9. The Morgan fingerprint density at radius 1 is 1.10 bits per heavy atom. The molecule has 0 saturated heterocycles. The lowest BCUT2D eigenvalue weighted by Crippen LogP contribution is -2.37. The number of H-pyrrole nitrogens is 1. The Labute approximate surface area is 177 Å². The van der Waals surface area contributed by atoms with Gasteiger partial charge in [-0.1, -0.05) is 36.4 Å². The van der Waals surface area contributed by atoms with Crippen molar-refractivity contribution < 1.29 is 4.79 Å². The summed E-state index contributed by atoms with van der Waals surface area (Å²) in [6.07, 6.45) is 8.12. The highest BCUT2D eigenvalue weighted by Crippen LogP contribution is 2.29. The highest BCUT2D eigenvalue weighted by Gasteiger charge is 2.28. The number of pyridine rings is 1. The number of carbonyl (C=O) groups is 1. The second-order valence-electron chi connectivity index (χ2n) is 8.08. The molecular weight excluding hydrogens is 374 g/mol. The van der Waals surface area contributed by atoms with E-state index in [0.29, 0.717) is 18.9 Å². The van der Waals surface area contributed by atoms with Crippen LogP contribution >= 0.6 is 0 Å². The molecule has 1 fully saturated rings. The molecule has 0 spiro atoms. The molecule has 1 amide bonds. The van der Waals surface area contributed by atoms with Crippen LogP contribution in [0.25, 0.3) is 11.3 Å². The van der Waals surface area contributed by atoms with Gasteiger partial charge >= 0.3 is 0 Å². The summed E-state index contributed by atoms with van der Waals surface area (Å²) >= 11 is 0. The van der Waals surface area contributed by atoms with Crippen LogP contribution in [0.2, 0.25) is 0 Å². The molecular formula is C24H29N5O. The molecule has 3 aromatic rings. The summed E-state index contributed by atoms with van der Waals surface area (Å²) in [5.74, 6) is 1.45. The Kier molecular flexibility index (Phi) is 6.54. The summed E-state index contributed by atoms with van der Waals surface area (Å²) in [5, 5.41) is 3.25. The number of nitrogens with zero attached hydrogens (tertiary/aromatic N) is 2. The topological polar surface area (TPSA) is 96.7 Å². The minimum atomic E-state index is -0.253. The van der Waals surface area contributed by atoms with Crippen molar-refractivity contribution in [3.8, 4) is 11.3 Å². The van der Waals surface area contributed by atoms with Crippen LogP contribution in [0.1, 0.15) is 43.2 Å². The minimum absolute atomic E-state index is 0.0441. The molecule has 0 unspecified atom stereocenters. The van der Waals surface area contributed by atoms with Gasteiger partial charge in [0.25, 0.3) is 0 Å². The van der Waals surface area contributed by atoms with E-state index in [1.54, 1.807) is 6.20 Å². The molecule has 1 atom stereocenters. The monoisotopic (exact) mass is 403 g/mol. The molecule has 1 aliphatic carbocycles. The minimum Gasteiger partial charge on any atom is -0.346 e. The largest absolute Gasteiger partial charge is 0.346 e. The Hall–Kier alpha value is -2.99. The van der Waals surface area contributed by atoms with Crippen LogP contribution in [-0.2, 0) is 11.2 Å². The lowest BCUT2D eigenvalue weighted by Gasteiger charge is -2.28. The van der Waals surface area contributed by atoms with E-state index in [-0.39, 0.29) is 17.9 Å². The number of aromatic nitrogens is 3. The van der Waals surface area contributed by atoms with Crippen molar-refractivity contribution in [1.82, 2.24) is 20.3 Å². The van der Waals surface area contributed by atoms with Crippen LogP contribution in [0, 0.1) is 11.8 Å². The predicted molar refractivity (Wildman–Crippen MR) is 117 cm³/mol. The van der Waals surface area contributed by atoms with Crippen LogP contribution < -0.4 is 11.1 Å². The molecule has 2 aromatic heterocycles. The smallest absolute Gasteiger partial charge is 0.223 e. The van der Waals surface area contributed by atoms with Crippen LogP contribution in [0.15, 0.2) is 60.9 Å². The van der Waals surface area contributed by atoms with Gasteiger partial charge in [-0.2, -0.15) is 0 Å². The number of hydrogen-bond acceptors (Lipinski definition) is 4. The van der Waals surface area contributed by atoms with E-state index in [1.807, 2.05) is 54.7 Å². The second-order valence-corrected chi connectivity index (χ2v) is 8.08. The molecule has 2 heterocycles. The van der Waals surface area contributed by atoms with Crippen molar-refractivity contribution in [2.24, 2.45) is 17.6 Å². The molecule has 6 heteroatoms. The molecule has 156 valence electrons. The van der Waals surface area contributed by atoms with Crippen LogP contribution in [0.5, 0.6) is 0 Å². The summed E-state index contributed by atoms with van der Waals surface area (Å²) in [4.78, 5) is 25.5. The predicted octanol–water partition coefficient (Wildman–Crippen LogP) is 3.64. The standard InChI is InChI=1S/C24H29N5O/c25-15-17-9-11-19(12-10-17)24(30)29-21(14-20-8-4-5-13-26-20)23-27-16-22(28-23)18-6-2-1-3-7-18/h1-8,13,16-17,19,21H,9-12,14-15,25H2,(H,27,28)(H,29,30)/t17-,19-,21-/m0/s1. The number of nitrogens with one attached hydrogen (secondary N) is 2. The summed E-state index contributed by atoms with van der Waals surface area (Å²) in [6.45, 7) is 0.714. The number of nitrogens with two attached hydrogens (primary N) is 1. The fourth-order valence-electron chi connectivity index (χ4n) is 4.17. The molecule has 1 saturated carbocycles. The Morgan fingerprint density at radius 2 is 1.87 bits per heavy atom. The number of hydrogen-bond donors (Lipinski definition) is 3. The van der Waals surface area contributed by atoms with Crippen LogP contribution in [-0.4, -0.2) is 27.4 Å². The molecule has 6 nitrogen and oxygen atoms in total. The highest BCUT2D eigenvalue weighted by molar-refractivity contribution is 5.79. The second kappa shape index (κ2) is 9.67. The van der Waals surface area contributed by atoms with E-state index in [2.05, 4.69) is 15.3 Å². The third-order valence-electron chi connectivity index (χ3n) is 6.00. The van der Waals surface area contributed by atoms with Gasteiger partial charge < -0.3 is 16.0 Å². The Morgan fingerprint density at radius 3 is 2.57 bits per heavy atom. The van der Waals surface area contributed by atoms with Gasteiger partial charge in [0.1, 0.15) is 5.82 Å². The number of aromatic amines is 1. The first-order chi connectivity index (χ1) is 14.7.